The third kappa shape index (κ3) is 10.2. The second-order valence-corrected chi connectivity index (χ2v) is 15.7. The Balaban J connectivity index is 1.35. The average molecular weight is 729 g/mol. The summed E-state index contributed by atoms with van der Waals surface area (Å²) in [5.74, 6) is -1.26. The van der Waals surface area contributed by atoms with Gasteiger partial charge in [0.05, 0.1) is 17.3 Å². The second-order valence-electron chi connectivity index (χ2n) is 13.7. The van der Waals surface area contributed by atoms with Gasteiger partial charge < -0.3 is 15.4 Å². The molecule has 8 nitrogen and oxygen atoms in total. The van der Waals surface area contributed by atoms with Crippen LogP contribution in [0.25, 0.3) is 16.7 Å². The number of nitrogens with one attached hydrogen (secondary N) is 2. The van der Waals surface area contributed by atoms with E-state index in [2.05, 4.69) is 42.7 Å². The summed E-state index contributed by atoms with van der Waals surface area (Å²) < 4.78 is 36.7. The molecule has 10 heteroatoms. The molecular formula is C41H45ClN2O6S. The van der Waals surface area contributed by atoms with Crippen LogP contribution < -0.4 is 10.6 Å². The standard InChI is InChI=1S/C41H45ClN2O6S/c1-27-25-35(42)19-22-37(27)31-15-20-36(21-16-31)44-40(46)38(26-28-5-7-33(8-6-28)39(45)43-23-24-51(47,48)49)32-11-9-29(10-12-32)30-13-17-34(18-14-30)41(2,3)50-4/h5-13,15-16,19-22,25,34,38H,14,17-18,23-24,26H2,1-4H3,(H,43,45)(H,44,46)(H,47,48,49)/t34?,38-/m1/s1. The first-order valence-corrected chi connectivity index (χ1v) is 19.1. The SMILES string of the molecule is COC(C)(C)C1CC=C(c2ccc([C@@H](Cc3ccc(C(=O)NCCS(=O)(=O)O)cc3)C(=O)Nc3ccc(-c4ccc(Cl)cc4C)cc3)cc2)CC1. The van der Waals surface area contributed by atoms with Crippen molar-refractivity contribution in [2.45, 2.75) is 58.0 Å². The maximum Gasteiger partial charge on any atom is 0.266 e. The van der Waals surface area contributed by atoms with Crippen molar-refractivity contribution in [2.75, 3.05) is 24.7 Å². The molecule has 1 aliphatic carbocycles. The number of amides is 2. The predicted molar refractivity (Wildman–Crippen MR) is 205 cm³/mol. The molecular weight excluding hydrogens is 684 g/mol. The molecule has 1 aliphatic rings. The van der Waals surface area contributed by atoms with Crippen molar-refractivity contribution in [3.05, 3.63) is 130 Å². The predicted octanol–water partition coefficient (Wildman–Crippen LogP) is 8.51. The van der Waals surface area contributed by atoms with Crippen LogP contribution in [-0.2, 0) is 26.1 Å². The first-order valence-electron chi connectivity index (χ1n) is 17.1. The summed E-state index contributed by atoms with van der Waals surface area (Å²) in [6.45, 7) is 6.09. The van der Waals surface area contributed by atoms with Crippen LogP contribution >= 0.6 is 11.6 Å². The van der Waals surface area contributed by atoms with Gasteiger partial charge in [0.2, 0.25) is 5.91 Å². The normalized spacial score (nSPS) is 15.5. The number of hydrogen-bond acceptors (Lipinski definition) is 5. The molecule has 0 aliphatic heterocycles. The molecule has 2 amide bonds. The number of methoxy groups -OCH3 is 1. The van der Waals surface area contributed by atoms with Gasteiger partial charge in [0, 0.05) is 29.9 Å². The number of benzene rings is 4. The Bertz CT molecular complexity index is 1990. The molecule has 0 heterocycles. The number of carbonyl (C=O) groups excluding carboxylic acids is 2. The van der Waals surface area contributed by atoms with E-state index in [4.69, 9.17) is 20.9 Å². The maximum atomic E-state index is 14.0. The number of aryl methyl sites for hydroxylation is 1. The van der Waals surface area contributed by atoms with Crippen LogP contribution in [0.5, 0.6) is 0 Å². The van der Waals surface area contributed by atoms with E-state index in [1.807, 2.05) is 61.5 Å². The Labute approximate surface area is 306 Å². The van der Waals surface area contributed by atoms with Gasteiger partial charge in [-0.2, -0.15) is 8.42 Å². The molecule has 268 valence electrons. The van der Waals surface area contributed by atoms with E-state index < -0.39 is 27.7 Å². The molecule has 51 heavy (non-hydrogen) atoms. The van der Waals surface area contributed by atoms with Gasteiger partial charge in [0.15, 0.2) is 0 Å². The van der Waals surface area contributed by atoms with Crippen LogP contribution in [0.2, 0.25) is 5.02 Å². The number of hydrogen-bond donors (Lipinski definition) is 3. The van der Waals surface area contributed by atoms with Crippen molar-refractivity contribution in [3.63, 3.8) is 0 Å². The lowest BCUT2D eigenvalue weighted by atomic mass is 9.78. The van der Waals surface area contributed by atoms with Crippen molar-refractivity contribution in [2.24, 2.45) is 5.92 Å². The number of ether oxygens (including phenoxy) is 1. The van der Waals surface area contributed by atoms with Gasteiger partial charge in [-0.3, -0.25) is 14.1 Å². The molecule has 5 rings (SSSR count). The minimum absolute atomic E-state index is 0.160. The van der Waals surface area contributed by atoms with E-state index in [-0.39, 0.29) is 18.1 Å². The Morgan fingerprint density at radius 2 is 1.63 bits per heavy atom. The van der Waals surface area contributed by atoms with E-state index in [1.165, 1.54) is 5.57 Å². The quantitative estimate of drug-likeness (QED) is 0.119. The zero-order valence-corrected chi connectivity index (χ0v) is 31.0. The molecule has 4 aromatic rings. The van der Waals surface area contributed by atoms with Gasteiger partial charge in [0.1, 0.15) is 0 Å². The molecule has 1 unspecified atom stereocenters. The minimum atomic E-state index is -4.18. The lowest BCUT2D eigenvalue weighted by Crippen LogP contribution is -2.34. The van der Waals surface area contributed by atoms with Crippen LogP contribution in [0.15, 0.2) is 97.1 Å². The molecule has 0 radical (unpaired) electrons. The fourth-order valence-electron chi connectivity index (χ4n) is 6.52. The van der Waals surface area contributed by atoms with E-state index in [0.717, 1.165) is 52.6 Å². The molecule has 4 aromatic carbocycles. The Morgan fingerprint density at radius 3 is 2.22 bits per heavy atom. The van der Waals surface area contributed by atoms with E-state index in [9.17, 15) is 18.0 Å². The summed E-state index contributed by atoms with van der Waals surface area (Å²) in [6, 6.07) is 28.6. The van der Waals surface area contributed by atoms with Gasteiger partial charge in [-0.25, -0.2) is 0 Å². The fourth-order valence-corrected chi connectivity index (χ4v) is 7.11. The zero-order valence-electron chi connectivity index (χ0n) is 29.4. The number of rotatable bonds is 13. The van der Waals surface area contributed by atoms with Crippen LogP contribution in [0.4, 0.5) is 5.69 Å². The smallest absolute Gasteiger partial charge is 0.266 e. The summed E-state index contributed by atoms with van der Waals surface area (Å²) in [7, 11) is -2.41. The highest BCUT2D eigenvalue weighted by Crippen LogP contribution is 2.37. The topological polar surface area (TPSA) is 122 Å². The van der Waals surface area contributed by atoms with Crippen molar-refractivity contribution < 1.29 is 27.3 Å². The summed E-state index contributed by atoms with van der Waals surface area (Å²) in [5, 5.41) is 6.29. The maximum absolute atomic E-state index is 14.0. The fraction of sp³-hybridized carbons (Fsp3) is 0.317. The monoisotopic (exact) mass is 728 g/mol. The number of anilines is 1. The van der Waals surface area contributed by atoms with Gasteiger partial charge in [-0.1, -0.05) is 72.3 Å². The zero-order chi connectivity index (χ0) is 36.8. The highest BCUT2D eigenvalue weighted by molar-refractivity contribution is 7.85. The van der Waals surface area contributed by atoms with E-state index >= 15 is 0 Å². The van der Waals surface area contributed by atoms with Crippen molar-refractivity contribution in [1.82, 2.24) is 5.32 Å². The van der Waals surface area contributed by atoms with Crippen LogP contribution in [0.1, 0.15) is 71.6 Å². The van der Waals surface area contributed by atoms with Crippen molar-refractivity contribution >= 4 is 44.8 Å². The summed E-state index contributed by atoms with van der Waals surface area (Å²) in [4.78, 5) is 26.5. The molecule has 0 aromatic heterocycles. The summed E-state index contributed by atoms with van der Waals surface area (Å²) in [6.07, 6.45) is 5.65. The third-order valence-electron chi connectivity index (χ3n) is 9.87. The van der Waals surface area contributed by atoms with Crippen molar-refractivity contribution in [1.29, 1.82) is 0 Å². The average Bonchev–Trinajstić information content (AvgIpc) is 3.11. The van der Waals surface area contributed by atoms with Crippen LogP contribution in [0, 0.1) is 12.8 Å². The van der Waals surface area contributed by atoms with Gasteiger partial charge in [-0.15, -0.1) is 0 Å². The van der Waals surface area contributed by atoms with Gasteiger partial charge in [0.25, 0.3) is 16.0 Å². The van der Waals surface area contributed by atoms with E-state index in [0.29, 0.717) is 28.6 Å². The largest absolute Gasteiger partial charge is 0.379 e. The van der Waals surface area contributed by atoms with Crippen LogP contribution in [-0.4, -0.2) is 49.8 Å². The Morgan fingerprint density at radius 1 is 0.961 bits per heavy atom. The lowest BCUT2D eigenvalue weighted by molar-refractivity contribution is -0.117. The highest BCUT2D eigenvalue weighted by atomic mass is 35.5. The summed E-state index contributed by atoms with van der Waals surface area (Å²) >= 11 is 6.15. The Hall–Kier alpha value is -4.28. The molecule has 0 saturated carbocycles. The van der Waals surface area contributed by atoms with Crippen molar-refractivity contribution in [3.8, 4) is 11.1 Å². The first kappa shape index (κ1) is 38.0. The molecule has 0 bridgehead atoms. The van der Waals surface area contributed by atoms with Gasteiger partial charge >= 0.3 is 0 Å². The molecule has 0 fully saturated rings. The molecule has 2 atom stereocenters. The highest BCUT2D eigenvalue weighted by Gasteiger charge is 2.30. The third-order valence-corrected chi connectivity index (χ3v) is 10.8. The number of halogens is 1. The van der Waals surface area contributed by atoms with Gasteiger partial charge in [-0.05, 0) is 128 Å². The Kier molecular flexibility index (Phi) is 12.2. The molecule has 0 spiro atoms. The minimum Gasteiger partial charge on any atom is -0.379 e. The number of carbonyl (C=O) groups is 2. The molecule has 3 N–H and O–H groups in total. The first-order chi connectivity index (χ1) is 24.2. The van der Waals surface area contributed by atoms with Crippen LogP contribution in [0.3, 0.4) is 0 Å². The van der Waals surface area contributed by atoms with E-state index in [1.54, 1.807) is 31.4 Å². The molecule has 0 saturated heterocycles. The second kappa shape index (κ2) is 16.4. The lowest BCUT2D eigenvalue weighted by Gasteiger charge is -2.35. The summed E-state index contributed by atoms with van der Waals surface area (Å²) in [5.41, 5.74) is 8.15. The number of allylic oxidation sites excluding steroid dienone is 2.